The van der Waals surface area contributed by atoms with Crippen molar-refractivity contribution >= 4 is 22.6 Å². The Hall–Kier alpha value is -4.37. The van der Waals surface area contributed by atoms with E-state index >= 15 is 0 Å². The number of nitrogens with zero attached hydrogens (tertiary/aromatic N) is 2. The van der Waals surface area contributed by atoms with E-state index < -0.39 is 16.8 Å². The van der Waals surface area contributed by atoms with Gasteiger partial charge < -0.3 is 19.9 Å². The van der Waals surface area contributed by atoms with Crippen molar-refractivity contribution < 1.29 is 28.6 Å². The molecule has 4 aromatic rings. The number of rotatable bonds is 8. The molecule has 3 heterocycles. The predicted molar refractivity (Wildman–Crippen MR) is 148 cm³/mol. The van der Waals surface area contributed by atoms with Gasteiger partial charge in [-0.15, -0.1) is 0 Å². The van der Waals surface area contributed by atoms with Crippen molar-refractivity contribution in [3.8, 4) is 22.8 Å². The van der Waals surface area contributed by atoms with E-state index in [1.54, 1.807) is 63.5 Å². The maximum atomic E-state index is 13.7. The summed E-state index contributed by atoms with van der Waals surface area (Å²) < 4.78 is 25.1. The highest BCUT2D eigenvalue weighted by atomic mass is 19.1. The summed E-state index contributed by atoms with van der Waals surface area (Å²) in [5.74, 6) is 0.0706. The highest BCUT2D eigenvalue weighted by Crippen LogP contribution is 2.46. The Labute approximate surface area is 231 Å². The Morgan fingerprint density at radius 2 is 1.95 bits per heavy atom. The van der Waals surface area contributed by atoms with Gasteiger partial charge in [-0.05, 0) is 68.8 Å². The molecular formula is C31H30FN3O5. The van der Waals surface area contributed by atoms with Crippen LogP contribution in [-0.4, -0.2) is 47.5 Å². The SMILES string of the molecule is CNC(=O)[C@@]1(C)COc2c1cc([C@@](C)(O)CCC(=O)c1cc(OC)c3ncccc3c1)nc2-c1ccc(F)cc1. The van der Waals surface area contributed by atoms with Crippen molar-refractivity contribution in [1.82, 2.24) is 15.3 Å². The van der Waals surface area contributed by atoms with E-state index in [1.165, 1.54) is 19.2 Å². The molecule has 1 aliphatic heterocycles. The first-order chi connectivity index (χ1) is 19.1. The molecule has 0 fully saturated rings. The number of carbonyl (C=O) groups is 2. The minimum Gasteiger partial charge on any atom is -0.494 e. The third kappa shape index (κ3) is 4.77. The number of halogens is 1. The Morgan fingerprint density at radius 3 is 2.65 bits per heavy atom. The van der Waals surface area contributed by atoms with Crippen LogP contribution < -0.4 is 14.8 Å². The Kier molecular flexibility index (Phi) is 7.01. The summed E-state index contributed by atoms with van der Waals surface area (Å²) in [6.45, 7) is 3.43. The third-order valence-corrected chi connectivity index (χ3v) is 7.52. The molecule has 206 valence electrons. The fourth-order valence-corrected chi connectivity index (χ4v) is 5.03. The first kappa shape index (κ1) is 27.2. The van der Waals surface area contributed by atoms with Crippen molar-refractivity contribution in [2.24, 2.45) is 0 Å². The van der Waals surface area contributed by atoms with Gasteiger partial charge in [-0.25, -0.2) is 9.37 Å². The van der Waals surface area contributed by atoms with E-state index in [0.717, 1.165) is 5.39 Å². The molecule has 1 aliphatic rings. The fourth-order valence-electron chi connectivity index (χ4n) is 5.03. The molecule has 0 spiro atoms. The van der Waals surface area contributed by atoms with Crippen molar-refractivity contribution in [1.29, 1.82) is 0 Å². The molecule has 8 nitrogen and oxygen atoms in total. The summed E-state index contributed by atoms with van der Waals surface area (Å²) >= 11 is 0. The molecule has 0 unspecified atom stereocenters. The van der Waals surface area contributed by atoms with E-state index in [4.69, 9.17) is 14.5 Å². The fraction of sp³-hybridized carbons (Fsp3) is 0.290. The minimum absolute atomic E-state index is 0.0236. The molecule has 0 saturated heterocycles. The summed E-state index contributed by atoms with van der Waals surface area (Å²) in [6, 6.07) is 14.5. The average Bonchev–Trinajstić information content (AvgIpc) is 3.32. The van der Waals surface area contributed by atoms with Crippen LogP contribution in [0.5, 0.6) is 11.5 Å². The average molecular weight is 544 g/mol. The molecule has 0 aliphatic carbocycles. The number of ketones is 1. The number of likely N-dealkylation sites (N-methyl/N-ethyl adjacent to an activating group) is 1. The second kappa shape index (κ2) is 10.3. The van der Waals surface area contributed by atoms with E-state index in [0.29, 0.717) is 39.4 Å². The summed E-state index contributed by atoms with van der Waals surface area (Å²) in [7, 11) is 3.07. The second-order valence-corrected chi connectivity index (χ2v) is 10.4. The lowest BCUT2D eigenvalue weighted by Crippen LogP contribution is -2.42. The van der Waals surface area contributed by atoms with E-state index in [2.05, 4.69) is 10.3 Å². The van der Waals surface area contributed by atoms with Gasteiger partial charge in [0.2, 0.25) is 5.91 Å². The van der Waals surface area contributed by atoms with Gasteiger partial charge in [-0.2, -0.15) is 0 Å². The number of Topliss-reactive ketones (excluding diaryl/α,β-unsaturated/α-hetero) is 1. The largest absolute Gasteiger partial charge is 0.494 e. The van der Waals surface area contributed by atoms with Gasteiger partial charge in [0, 0.05) is 41.7 Å². The van der Waals surface area contributed by atoms with Crippen LogP contribution in [0.1, 0.15) is 48.3 Å². The normalized spacial score (nSPS) is 17.6. The van der Waals surface area contributed by atoms with Crippen LogP contribution >= 0.6 is 0 Å². The molecule has 2 atom stereocenters. The molecule has 40 heavy (non-hydrogen) atoms. The second-order valence-electron chi connectivity index (χ2n) is 10.4. The van der Waals surface area contributed by atoms with Gasteiger partial charge in [-0.1, -0.05) is 6.07 Å². The number of hydrogen-bond acceptors (Lipinski definition) is 7. The molecule has 2 N–H and O–H groups in total. The van der Waals surface area contributed by atoms with Gasteiger partial charge in [0.05, 0.1) is 12.8 Å². The number of hydrogen-bond donors (Lipinski definition) is 2. The molecule has 0 bridgehead atoms. The monoisotopic (exact) mass is 543 g/mol. The highest BCUT2D eigenvalue weighted by Gasteiger charge is 2.45. The maximum absolute atomic E-state index is 13.7. The van der Waals surface area contributed by atoms with Crippen LogP contribution in [-0.2, 0) is 15.8 Å². The van der Waals surface area contributed by atoms with Crippen LogP contribution in [0, 0.1) is 5.82 Å². The number of carbonyl (C=O) groups excluding carboxylic acids is 2. The zero-order valence-electron chi connectivity index (χ0n) is 22.7. The van der Waals surface area contributed by atoms with E-state index in [9.17, 15) is 19.1 Å². The number of fused-ring (bicyclic) bond motifs is 2. The number of pyridine rings is 2. The number of aliphatic hydroxyl groups is 1. The van der Waals surface area contributed by atoms with Crippen LogP contribution in [0.15, 0.2) is 60.8 Å². The van der Waals surface area contributed by atoms with E-state index in [-0.39, 0.29) is 36.8 Å². The van der Waals surface area contributed by atoms with Crippen LogP contribution in [0.2, 0.25) is 0 Å². The standard InChI is InChI=1S/C31H30FN3O5/c1-30(29(37)33-3)17-40-28-22(30)16-25(35-27(28)18-7-9-21(32)10-8-18)31(2,38)12-11-23(36)20-14-19-6-5-13-34-26(19)24(15-20)39-4/h5-10,13-16,38H,11-12,17H2,1-4H3,(H,33,37)/t30-,31-/m0/s1. The summed E-state index contributed by atoms with van der Waals surface area (Å²) in [5.41, 5.74) is 0.344. The zero-order valence-corrected chi connectivity index (χ0v) is 22.7. The Bertz CT molecular complexity index is 1620. The molecular weight excluding hydrogens is 513 g/mol. The summed E-state index contributed by atoms with van der Waals surface area (Å²) in [4.78, 5) is 35.2. The maximum Gasteiger partial charge on any atom is 0.233 e. The van der Waals surface area contributed by atoms with Crippen LogP contribution in [0.3, 0.4) is 0 Å². The first-order valence-electron chi connectivity index (χ1n) is 12.9. The molecule has 2 aromatic carbocycles. The molecule has 1 amide bonds. The molecule has 0 radical (unpaired) electrons. The quantitative estimate of drug-likeness (QED) is 0.310. The number of aromatic nitrogens is 2. The lowest BCUT2D eigenvalue weighted by molar-refractivity contribution is -0.126. The third-order valence-electron chi connectivity index (χ3n) is 7.52. The number of ether oxygens (including phenoxy) is 2. The van der Waals surface area contributed by atoms with Crippen molar-refractivity contribution in [3.05, 3.63) is 83.4 Å². The lowest BCUT2D eigenvalue weighted by atomic mass is 9.81. The van der Waals surface area contributed by atoms with Crippen molar-refractivity contribution in [2.75, 3.05) is 20.8 Å². The number of nitrogens with one attached hydrogen (secondary N) is 1. The summed E-state index contributed by atoms with van der Waals surface area (Å²) in [5, 5.41) is 15.1. The van der Waals surface area contributed by atoms with Gasteiger partial charge in [0.1, 0.15) is 46.1 Å². The number of benzene rings is 2. The summed E-state index contributed by atoms with van der Waals surface area (Å²) in [6.07, 6.45) is 1.74. The van der Waals surface area contributed by atoms with Crippen LogP contribution in [0.4, 0.5) is 4.39 Å². The van der Waals surface area contributed by atoms with Crippen molar-refractivity contribution in [2.45, 2.75) is 37.7 Å². The molecule has 9 heteroatoms. The Morgan fingerprint density at radius 1 is 1.20 bits per heavy atom. The Balaban J connectivity index is 1.50. The lowest BCUT2D eigenvalue weighted by Gasteiger charge is -2.26. The smallest absolute Gasteiger partial charge is 0.233 e. The molecule has 5 rings (SSSR count). The molecule has 0 saturated carbocycles. The molecule has 2 aromatic heterocycles. The topological polar surface area (TPSA) is 111 Å². The van der Waals surface area contributed by atoms with Gasteiger partial charge in [0.25, 0.3) is 0 Å². The van der Waals surface area contributed by atoms with Gasteiger partial charge in [-0.3, -0.25) is 14.6 Å². The predicted octanol–water partition coefficient (Wildman–Crippen LogP) is 4.71. The van der Waals surface area contributed by atoms with Crippen molar-refractivity contribution in [3.63, 3.8) is 0 Å². The van der Waals surface area contributed by atoms with E-state index in [1.807, 2.05) is 6.07 Å². The number of amides is 1. The zero-order chi connectivity index (χ0) is 28.7. The van der Waals surface area contributed by atoms with Gasteiger partial charge >= 0.3 is 0 Å². The minimum atomic E-state index is -1.53. The first-order valence-corrected chi connectivity index (χ1v) is 12.9. The highest BCUT2D eigenvalue weighted by molar-refractivity contribution is 6.01. The number of methoxy groups -OCH3 is 1. The van der Waals surface area contributed by atoms with Gasteiger partial charge in [0.15, 0.2) is 5.78 Å². The van der Waals surface area contributed by atoms with Crippen LogP contribution in [0.25, 0.3) is 22.2 Å².